The third kappa shape index (κ3) is 7.30. The summed E-state index contributed by atoms with van der Waals surface area (Å²) in [5.41, 5.74) is 4.16. The fraction of sp³-hybridized carbons (Fsp3) is 0.294. The van der Waals surface area contributed by atoms with Crippen molar-refractivity contribution in [2.75, 3.05) is 0 Å². The summed E-state index contributed by atoms with van der Waals surface area (Å²) in [6.45, 7) is 14.5. The van der Waals surface area contributed by atoms with E-state index in [1.165, 1.54) is 0 Å². The van der Waals surface area contributed by atoms with Crippen LogP contribution in [0.2, 0.25) is 0 Å². The predicted octanol–water partition coefficient (Wildman–Crippen LogP) is 8.69. The molecule has 0 heterocycles. The number of benzene rings is 3. The summed E-state index contributed by atoms with van der Waals surface area (Å²) in [7, 11) is -3.61. The second-order valence-corrected chi connectivity index (χ2v) is 14.0. The quantitative estimate of drug-likeness (QED) is 0.313. The molecular formula is C34H38O4S. The molecular weight excluding hydrogens is 504 g/mol. The summed E-state index contributed by atoms with van der Waals surface area (Å²) >= 11 is 0. The molecule has 39 heavy (non-hydrogen) atoms. The van der Waals surface area contributed by atoms with Gasteiger partial charge in [-0.3, -0.25) is 0 Å². The molecule has 1 aliphatic carbocycles. The lowest BCUT2D eigenvalue weighted by Gasteiger charge is -2.21. The third-order valence-electron chi connectivity index (χ3n) is 6.33. The summed E-state index contributed by atoms with van der Waals surface area (Å²) in [6, 6.07) is 21.9. The van der Waals surface area contributed by atoms with Crippen LogP contribution in [0.1, 0.15) is 66.0 Å². The van der Waals surface area contributed by atoms with Gasteiger partial charge in [-0.1, -0.05) is 62.8 Å². The third-order valence-corrected chi connectivity index (χ3v) is 8.11. The second kappa shape index (κ2) is 10.9. The van der Waals surface area contributed by atoms with E-state index < -0.39 is 9.84 Å². The molecule has 4 nitrogen and oxygen atoms in total. The van der Waals surface area contributed by atoms with Crippen LogP contribution < -0.4 is 9.47 Å². The van der Waals surface area contributed by atoms with Gasteiger partial charge in [0.2, 0.25) is 9.84 Å². The Morgan fingerprint density at radius 1 is 0.692 bits per heavy atom. The van der Waals surface area contributed by atoms with E-state index in [0.717, 1.165) is 33.8 Å². The highest BCUT2D eigenvalue weighted by Gasteiger charge is 2.20. The Morgan fingerprint density at radius 2 is 1.23 bits per heavy atom. The van der Waals surface area contributed by atoms with Gasteiger partial charge in [0.25, 0.3) is 0 Å². The van der Waals surface area contributed by atoms with E-state index in [1.807, 2.05) is 57.2 Å². The molecule has 4 rings (SSSR count). The molecule has 3 aromatic rings. The molecule has 0 amide bonds. The van der Waals surface area contributed by atoms with E-state index >= 15 is 0 Å². The van der Waals surface area contributed by atoms with Crippen molar-refractivity contribution in [3.05, 3.63) is 113 Å². The van der Waals surface area contributed by atoms with Crippen LogP contribution in [0.4, 0.5) is 0 Å². The van der Waals surface area contributed by atoms with Crippen LogP contribution in [0.25, 0.3) is 5.57 Å². The molecule has 0 radical (unpaired) electrons. The summed E-state index contributed by atoms with van der Waals surface area (Å²) in [5, 5.41) is 0. The minimum Gasteiger partial charge on any atom is -0.488 e. The Bertz CT molecular complexity index is 1510. The molecule has 204 valence electrons. The molecule has 0 atom stereocenters. The maximum atomic E-state index is 13.2. The van der Waals surface area contributed by atoms with Gasteiger partial charge in [0.1, 0.15) is 22.9 Å². The number of hydrogen-bond donors (Lipinski definition) is 0. The van der Waals surface area contributed by atoms with Gasteiger partial charge in [0.05, 0.1) is 9.79 Å². The van der Waals surface area contributed by atoms with Gasteiger partial charge in [0.15, 0.2) is 0 Å². The molecule has 0 unspecified atom stereocenters. The lowest BCUT2D eigenvalue weighted by atomic mass is 9.87. The van der Waals surface area contributed by atoms with E-state index in [0.29, 0.717) is 12.2 Å². The normalized spacial score (nSPS) is 14.6. The zero-order valence-electron chi connectivity index (χ0n) is 23.9. The Kier molecular flexibility index (Phi) is 7.94. The summed E-state index contributed by atoms with van der Waals surface area (Å²) in [6.07, 6.45) is 6.84. The van der Waals surface area contributed by atoms with Gasteiger partial charge < -0.3 is 9.47 Å². The van der Waals surface area contributed by atoms with Crippen molar-refractivity contribution in [1.29, 1.82) is 0 Å². The zero-order chi connectivity index (χ0) is 28.4. The number of hydrogen-bond acceptors (Lipinski definition) is 4. The maximum Gasteiger partial charge on any atom is 0.206 e. The van der Waals surface area contributed by atoms with Crippen molar-refractivity contribution in [3.8, 4) is 11.5 Å². The van der Waals surface area contributed by atoms with E-state index in [4.69, 9.17) is 9.47 Å². The van der Waals surface area contributed by atoms with Gasteiger partial charge in [-0.15, -0.1) is 0 Å². The van der Waals surface area contributed by atoms with E-state index in [2.05, 4.69) is 45.9 Å². The summed E-state index contributed by atoms with van der Waals surface area (Å²) < 4.78 is 38.4. The van der Waals surface area contributed by atoms with Crippen molar-refractivity contribution < 1.29 is 17.9 Å². The van der Waals surface area contributed by atoms with Gasteiger partial charge in [-0.2, -0.15) is 0 Å². The predicted molar refractivity (Wildman–Crippen MR) is 159 cm³/mol. The standard InChI is InChI=1S/C34H38O4S/c1-24-22-26(25-8-13-29(14-9-25)38-34(5,6)7)10-15-30(23-24)37-28-16-20-32(21-17-28)39(35,36)31-18-11-27(12-19-31)33(2,3)4/h8-22H,23H2,1-7H3. The van der Waals surface area contributed by atoms with Crippen molar-refractivity contribution in [2.45, 2.75) is 75.7 Å². The minimum atomic E-state index is -3.61. The highest BCUT2D eigenvalue weighted by Crippen LogP contribution is 2.30. The van der Waals surface area contributed by atoms with Gasteiger partial charge in [-0.05, 0) is 104 Å². The lowest BCUT2D eigenvalue weighted by molar-refractivity contribution is 0.131. The first-order valence-corrected chi connectivity index (χ1v) is 14.7. The van der Waals surface area contributed by atoms with Gasteiger partial charge >= 0.3 is 0 Å². The lowest BCUT2D eigenvalue weighted by Crippen LogP contribution is -2.22. The fourth-order valence-electron chi connectivity index (χ4n) is 4.31. The average molecular weight is 543 g/mol. The highest BCUT2D eigenvalue weighted by atomic mass is 32.2. The molecule has 0 saturated carbocycles. The molecule has 0 spiro atoms. The maximum absolute atomic E-state index is 13.2. The van der Waals surface area contributed by atoms with Crippen LogP contribution in [0.3, 0.4) is 0 Å². The van der Waals surface area contributed by atoms with Crippen molar-refractivity contribution in [1.82, 2.24) is 0 Å². The van der Waals surface area contributed by atoms with Crippen LogP contribution >= 0.6 is 0 Å². The number of sulfone groups is 1. The van der Waals surface area contributed by atoms with Crippen molar-refractivity contribution >= 4 is 15.4 Å². The van der Waals surface area contributed by atoms with Crippen LogP contribution in [0.5, 0.6) is 11.5 Å². The van der Waals surface area contributed by atoms with E-state index in [-0.39, 0.29) is 20.8 Å². The Morgan fingerprint density at radius 3 is 1.77 bits per heavy atom. The van der Waals surface area contributed by atoms with Gasteiger partial charge in [0, 0.05) is 6.42 Å². The molecule has 1 aliphatic rings. The number of allylic oxidation sites excluding steroid dienone is 5. The summed E-state index contributed by atoms with van der Waals surface area (Å²) in [4.78, 5) is 0.525. The second-order valence-electron chi connectivity index (χ2n) is 12.0. The first kappa shape index (κ1) is 28.4. The van der Waals surface area contributed by atoms with Crippen LogP contribution in [0, 0.1) is 0 Å². The first-order chi connectivity index (χ1) is 18.2. The monoisotopic (exact) mass is 542 g/mol. The first-order valence-electron chi connectivity index (χ1n) is 13.2. The van der Waals surface area contributed by atoms with Crippen LogP contribution in [-0.2, 0) is 15.3 Å². The van der Waals surface area contributed by atoms with Crippen LogP contribution in [-0.4, -0.2) is 14.0 Å². The molecule has 0 aliphatic heterocycles. The number of ether oxygens (including phenoxy) is 2. The van der Waals surface area contributed by atoms with E-state index in [1.54, 1.807) is 36.4 Å². The Balaban J connectivity index is 1.49. The van der Waals surface area contributed by atoms with Crippen molar-refractivity contribution in [2.24, 2.45) is 0 Å². The smallest absolute Gasteiger partial charge is 0.206 e. The SMILES string of the molecule is CC1=CC(c2ccc(OC(C)(C)C)cc2)=CC=C(Oc2ccc(S(=O)(=O)c3ccc(C(C)(C)C)cc3)cc2)C1. The van der Waals surface area contributed by atoms with Gasteiger partial charge in [-0.25, -0.2) is 8.42 Å². The van der Waals surface area contributed by atoms with Crippen LogP contribution in [0.15, 0.2) is 112 Å². The van der Waals surface area contributed by atoms with Crippen molar-refractivity contribution in [3.63, 3.8) is 0 Å². The largest absolute Gasteiger partial charge is 0.488 e. The highest BCUT2D eigenvalue weighted by molar-refractivity contribution is 7.91. The fourth-order valence-corrected chi connectivity index (χ4v) is 5.57. The Hall–Kier alpha value is -3.57. The summed E-state index contributed by atoms with van der Waals surface area (Å²) in [5.74, 6) is 2.23. The molecule has 3 aromatic carbocycles. The molecule has 0 aromatic heterocycles. The number of rotatable bonds is 6. The molecule has 5 heteroatoms. The van der Waals surface area contributed by atoms with E-state index in [9.17, 15) is 8.42 Å². The molecule has 0 bridgehead atoms. The average Bonchev–Trinajstić information content (AvgIpc) is 3.04. The molecule has 0 fully saturated rings. The minimum absolute atomic E-state index is 0.0386. The Labute approximate surface area is 233 Å². The zero-order valence-corrected chi connectivity index (χ0v) is 24.7. The topological polar surface area (TPSA) is 52.6 Å². The molecule has 0 N–H and O–H groups in total. The molecule has 0 saturated heterocycles.